The zero-order chi connectivity index (χ0) is 15.1. The van der Waals surface area contributed by atoms with Crippen LogP contribution in [0.25, 0.3) is 0 Å². The highest BCUT2D eigenvalue weighted by Crippen LogP contribution is 2.43. The van der Waals surface area contributed by atoms with Crippen LogP contribution in [0.5, 0.6) is 11.5 Å². The molecule has 1 heterocycles. The number of rotatable bonds is 1. The van der Waals surface area contributed by atoms with Gasteiger partial charge in [0.25, 0.3) is 0 Å². The van der Waals surface area contributed by atoms with Crippen LogP contribution in [0.2, 0.25) is 0 Å². The third-order valence-corrected chi connectivity index (χ3v) is 4.04. The third-order valence-electron chi connectivity index (χ3n) is 4.04. The van der Waals surface area contributed by atoms with E-state index in [1.54, 1.807) is 0 Å². The summed E-state index contributed by atoms with van der Waals surface area (Å²) >= 11 is 0. The molecule has 0 amide bonds. The van der Waals surface area contributed by atoms with E-state index < -0.39 is 5.60 Å². The molecule has 0 saturated heterocycles. The van der Waals surface area contributed by atoms with Gasteiger partial charge < -0.3 is 9.47 Å². The molecule has 0 radical (unpaired) electrons. The Morgan fingerprint density at radius 1 is 1.30 bits per heavy atom. The molecule has 1 aliphatic rings. The van der Waals surface area contributed by atoms with E-state index in [-0.39, 0.29) is 5.97 Å². The monoisotopic (exact) mass is 272 g/mol. The molecule has 2 rings (SSSR count). The second kappa shape index (κ2) is 4.86. The number of fused-ring (bicyclic) bond motifs is 1. The topological polar surface area (TPSA) is 35.5 Å². The molecular formula is C17H20O3. The SMILES string of the molecule is C#C[C@]1(C)CCc2c(C)c(OC(C)=O)c(C)c(C)c2O1. The maximum atomic E-state index is 11.3. The maximum Gasteiger partial charge on any atom is 0.308 e. The first kappa shape index (κ1) is 14.5. The molecule has 3 nitrogen and oxygen atoms in total. The van der Waals surface area contributed by atoms with Crippen LogP contribution in [0.15, 0.2) is 0 Å². The number of terminal acetylenes is 1. The lowest BCUT2D eigenvalue weighted by molar-refractivity contribution is -0.132. The van der Waals surface area contributed by atoms with Gasteiger partial charge in [-0.1, -0.05) is 5.92 Å². The highest BCUT2D eigenvalue weighted by molar-refractivity contribution is 5.72. The van der Waals surface area contributed by atoms with Gasteiger partial charge in [-0.05, 0) is 50.8 Å². The van der Waals surface area contributed by atoms with E-state index in [9.17, 15) is 4.79 Å². The molecule has 20 heavy (non-hydrogen) atoms. The van der Waals surface area contributed by atoms with Crippen molar-refractivity contribution in [2.24, 2.45) is 0 Å². The maximum absolute atomic E-state index is 11.3. The standard InChI is InChI=1S/C17H20O3/c1-7-17(6)9-8-14-12(4)15(19-13(5)18)10(2)11(3)16(14)20-17/h1H,8-9H2,2-6H3/t17-/m1/s1. The zero-order valence-corrected chi connectivity index (χ0v) is 12.7. The van der Waals surface area contributed by atoms with E-state index in [0.29, 0.717) is 5.75 Å². The number of ether oxygens (including phenoxy) is 2. The molecule has 1 aromatic rings. The Bertz CT molecular complexity index is 622. The Labute approximate surface area is 120 Å². The molecule has 3 heteroatoms. The van der Waals surface area contributed by atoms with Crippen molar-refractivity contribution in [2.75, 3.05) is 0 Å². The average molecular weight is 272 g/mol. The van der Waals surface area contributed by atoms with Crippen molar-refractivity contribution in [2.45, 2.75) is 53.1 Å². The van der Waals surface area contributed by atoms with E-state index in [1.807, 2.05) is 27.7 Å². The Kier molecular flexibility index (Phi) is 3.52. The molecule has 1 atom stereocenters. The molecule has 0 spiro atoms. The molecule has 0 saturated carbocycles. The second-order valence-corrected chi connectivity index (χ2v) is 5.58. The number of carbonyl (C=O) groups is 1. The molecule has 0 aromatic heterocycles. The average Bonchev–Trinajstić information content (AvgIpc) is 2.41. The first-order chi connectivity index (χ1) is 9.29. The van der Waals surface area contributed by atoms with Gasteiger partial charge >= 0.3 is 5.97 Å². The second-order valence-electron chi connectivity index (χ2n) is 5.58. The van der Waals surface area contributed by atoms with Crippen molar-refractivity contribution in [1.82, 2.24) is 0 Å². The van der Waals surface area contributed by atoms with E-state index in [4.69, 9.17) is 15.9 Å². The number of benzene rings is 1. The first-order valence-corrected chi connectivity index (χ1v) is 6.77. The first-order valence-electron chi connectivity index (χ1n) is 6.77. The highest BCUT2D eigenvalue weighted by Gasteiger charge is 2.33. The molecule has 1 aromatic carbocycles. The van der Waals surface area contributed by atoms with Crippen molar-refractivity contribution in [3.63, 3.8) is 0 Å². The van der Waals surface area contributed by atoms with Gasteiger partial charge in [0.1, 0.15) is 11.5 Å². The zero-order valence-electron chi connectivity index (χ0n) is 12.7. The Balaban J connectivity index is 2.60. The number of hydrogen-bond acceptors (Lipinski definition) is 3. The van der Waals surface area contributed by atoms with Crippen LogP contribution in [0.4, 0.5) is 0 Å². The lowest BCUT2D eigenvalue weighted by Gasteiger charge is -2.34. The van der Waals surface area contributed by atoms with Gasteiger partial charge in [0, 0.05) is 18.9 Å². The van der Waals surface area contributed by atoms with Gasteiger partial charge in [-0.3, -0.25) is 4.79 Å². The van der Waals surface area contributed by atoms with E-state index in [2.05, 4.69) is 5.92 Å². The Morgan fingerprint density at radius 3 is 2.50 bits per heavy atom. The van der Waals surface area contributed by atoms with Crippen molar-refractivity contribution in [3.05, 3.63) is 22.3 Å². The lowest BCUT2D eigenvalue weighted by Crippen LogP contribution is -2.35. The fraction of sp³-hybridized carbons (Fsp3) is 0.471. The van der Waals surface area contributed by atoms with Gasteiger partial charge in [-0.15, -0.1) is 6.42 Å². The molecule has 106 valence electrons. The Morgan fingerprint density at radius 2 is 1.95 bits per heavy atom. The summed E-state index contributed by atoms with van der Waals surface area (Å²) in [4.78, 5) is 11.3. The van der Waals surface area contributed by atoms with Gasteiger partial charge in [-0.2, -0.15) is 0 Å². The number of hydrogen-bond donors (Lipinski definition) is 0. The van der Waals surface area contributed by atoms with Crippen molar-refractivity contribution < 1.29 is 14.3 Å². The molecule has 0 fully saturated rings. The van der Waals surface area contributed by atoms with Crippen LogP contribution >= 0.6 is 0 Å². The summed E-state index contributed by atoms with van der Waals surface area (Å²) in [7, 11) is 0. The fourth-order valence-corrected chi connectivity index (χ4v) is 2.63. The van der Waals surface area contributed by atoms with Crippen LogP contribution in [0.1, 0.15) is 42.5 Å². The number of esters is 1. The number of carbonyl (C=O) groups excluding carboxylic acids is 1. The van der Waals surface area contributed by atoms with Crippen LogP contribution in [0.3, 0.4) is 0 Å². The molecule has 0 N–H and O–H groups in total. The molecule has 0 unspecified atom stereocenters. The van der Waals surface area contributed by atoms with E-state index in [0.717, 1.165) is 40.8 Å². The summed E-state index contributed by atoms with van der Waals surface area (Å²) in [6, 6.07) is 0. The summed E-state index contributed by atoms with van der Waals surface area (Å²) in [6.07, 6.45) is 7.17. The van der Waals surface area contributed by atoms with Crippen LogP contribution in [-0.4, -0.2) is 11.6 Å². The molecule has 0 bridgehead atoms. The van der Waals surface area contributed by atoms with E-state index >= 15 is 0 Å². The van der Waals surface area contributed by atoms with Crippen molar-refractivity contribution in [3.8, 4) is 23.8 Å². The summed E-state index contributed by atoms with van der Waals surface area (Å²) in [5.41, 5.74) is 3.43. The van der Waals surface area contributed by atoms with Gasteiger partial charge in [0.05, 0.1) is 0 Å². The quantitative estimate of drug-likeness (QED) is 0.447. The predicted molar refractivity (Wildman–Crippen MR) is 78.1 cm³/mol. The summed E-state index contributed by atoms with van der Waals surface area (Å²) in [5, 5.41) is 0. The smallest absolute Gasteiger partial charge is 0.308 e. The Hall–Kier alpha value is -1.95. The van der Waals surface area contributed by atoms with Gasteiger partial charge in [-0.25, -0.2) is 0 Å². The fourth-order valence-electron chi connectivity index (χ4n) is 2.63. The van der Waals surface area contributed by atoms with Crippen LogP contribution in [-0.2, 0) is 11.2 Å². The van der Waals surface area contributed by atoms with E-state index in [1.165, 1.54) is 6.92 Å². The molecular weight excluding hydrogens is 252 g/mol. The summed E-state index contributed by atoms with van der Waals surface area (Å²) in [5.74, 6) is 3.93. The molecule has 1 aliphatic heterocycles. The van der Waals surface area contributed by atoms with Gasteiger partial charge in [0.15, 0.2) is 5.60 Å². The van der Waals surface area contributed by atoms with Crippen LogP contribution in [0, 0.1) is 33.1 Å². The van der Waals surface area contributed by atoms with Crippen molar-refractivity contribution >= 4 is 5.97 Å². The van der Waals surface area contributed by atoms with Gasteiger partial charge in [0.2, 0.25) is 0 Å². The third kappa shape index (κ3) is 2.27. The minimum atomic E-state index is -0.556. The minimum absolute atomic E-state index is 0.305. The summed E-state index contributed by atoms with van der Waals surface area (Å²) < 4.78 is 11.4. The van der Waals surface area contributed by atoms with Crippen LogP contribution < -0.4 is 9.47 Å². The highest BCUT2D eigenvalue weighted by atomic mass is 16.5. The normalized spacial score (nSPS) is 20.6. The lowest BCUT2D eigenvalue weighted by atomic mass is 9.87. The molecule has 0 aliphatic carbocycles. The predicted octanol–water partition coefficient (Wildman–Crippen LogP) is 3.25. The minimum Gasteiger partial charge on any atom is -0.474 e. The largest absolute Gasteiger partial charge is 0.474 e. The van der Waals surface area contributed by atoms with Crippen molar-refractivity contribution in [1.29, 1.82) is 0 Å². The summed E-state index contributed by atoms with van der Waals surface area (Å²) in [6.45, 7) is 9.22.